The predicted octanol–water partition coefficient (Wildman–Crippen LogP) is 2.73. The molecule has 2 amide bonds. The van der Waals surface area contributed by atoms with Crippen LogP contribution in [0.4, 0.5) is 0 Å². The lowest BCUT2D eigenvalue weighted by Crippen LogP contribution is -2.41. The molecule has 0 unspecified atom stereocenters. The Morgan fingerprint density at radius 3 is 2.50 bits per heavy atom. The number of rotatable bonds is 3. The van der Waals surface area contributed by atoms with Gasteiger partial charge in [-0.05, 0) is 25.0 Å². The first kappa shape index (κ1) is 13.3. The number of ether oxygens (including phenoxy) is 1. The van der Waals surface area contributed by atoms with Crippen molar-refractivity contribution >= 4 is 11.8 Å². The van der Waals surface area contributed by atoms with Crippen LogP contribution < -0.4 is 0 Å². The molecule has 4 heteroatoms. The van der Waals surface area contributed by atoms with Crippen molar-refractivity contribution in [3.05, 3.63) is 35.9 Å². The minimum absolute atomic E-state index is 0.123. The Balaban J connectivity index is 1.74. The number of nitrogens with zero attached hydrogens (tertiary/aromatic N) is 1. The van der Waals surface area contributed by atoms with Gasteiger partial charge < -0.3 is 4.74 Å². The average molecular weight is 273 g/mol. The van der Waals surface area contributed by atoms with E-state index in [1.54, 1.807) is 24.3 Å². The maximum Gasteiger partial charge on any atom is 0.262 e. The normalized spacial score (nSPS) is 23.5. The van der Waals surface area contributed by atoms with Gasteiger partial charge in [-0.1, -0.05) is 31.0 Å². The Kier molecular flexibility index (Phi) is 3.83. The monoisotopic (exact) mass is 273 g/mol. The molecule has 20 heavy (non-hydrogen) atoms. The van der Waals surface area contributed by atoms with Gasteiger partial charge in [0.1, 0.15) is 6.23 Å². The Bertz CT molecular complexity index is 494. The molecule has 0 bridgehead atoms. The lowest BCUT2D eigenvalue weighted by atomic mass is 10.2. The van der Waals surface area contributed by atoms with Gasteiger partial charge in [0.05, 0.1) is 6.10 Å². The van der Waals surface area contributed by atoms with Crippen LogP contribution in [-0.2, 0) is 9.53 Å². The van der Waals surface area contributed by atoms with Crippen LogP contribution >= 0.6 is 0 Å². The number of carbonyl (C=O) groups excluding carboxylic acids is 2. The van der Waals surface area contributed by atoms with E-state index in [4.69, 9.17) is 4.74 Å². The van der Waals surface area contributed by atoms with Gasteiger partial charge in [-0.25, -0.2) is 0 Å². The third-order valence-electron chi connectivity index (χ3n) is 4.05. The first-order chi connectivity index (χ1) is 9.75. The van der Waals surface area contributed by atoms with Gasteiger partial charge in [0.15, 0.2) is 0 Å². The van der Waals surface area contributed by atoms with Crippen molar-refractivity contribution in [3.8, 4) is 0 Å². The van der Waals surface area contributed by atoms with E-state index < -0.39 is 0 Å². The summed E-state index contributed by atoms with van der Waals surface area (Å²) in [6.45, 7) is 0. The molecule has 4 nitrogen and oxygen atoms in total. The molecule has 0 radical (unpaired) electrons. The van der Waals surface area contributed by atoms with Crippen molar-refractivity contribution < 1.29 is 14.3 Å². The van der Waals surface area contributed by atoms with Gasteiger partial charge in [-0.3, -0.25) is 14.5 Å². The molecule has 0 N–H and O–H groups in total. The molecule has 2 aliphatic rings. The van der Waals surface area contributed by atoms with Crippen LogP contribution in [0.3, 0.4) is 0 Å². The van der Waals surface area contributed by atoms with Gasteiger partial charge in [0.25, 0.3) is 5.91 Å². The zero-order chi connectivity index (χ0) is 13.9. The largest absolute Gasteiger partial charge is 0.355 e. The van der Waals surface area contributed by atoms with E-state index >= 15 is 0 Å². The molecule has 1 aliphatic carbocycles. The third kappa shape index (κ3) is 2.61. The number of hydrogen-bond acceptors (Lipinski definition) is 3. The van der Waals surface area contributed by atoms with E-state index in [1.165, 1.54) is 17.7 Å². The number of carbonyl (C=O) groups is 2. The topological polar surface area (TPSA) is 46.6 Å². The fourth-order valence-electron chi connectivity index (χ4n) is 3.00. The minimum Gasteiger partial charge on any atom is -0.355 e. The van der Waals surface area contributed by atoms with Crippen LogP contribution in [-0.4, -0.2) is 29.0 Å². The summed E-state index contributed by atoms with van der Waals surface area (Å²) >= 11 is 0. The standard InChI is InChI=1S/C16H19NO3/c18-14-10-11-15(20-13-8-4-5-9-13)17(14)16(19)12-6-2-1-3-7-12/h1-3,6-7,13,15H,4-5,8-11H2/t15-/m0/s1. The highest BCUT2D eigenvalue weighted by Gasteiger charge is 2.38. The summed E-state index contributed by atoms with van der Waals surface area (Å²) in [6, 6.07) is 8.94. The molecule has 1 saturated carbocycles. The Labute approximate surface area is 118 Å². The number of amides is 2. The van der Waals surface area contributed by atoms with Crippen molar-refractivity contribution in [2.45, 2.75) is 50.9 Å². The van der Waals surface area contributed by atoms with E-state index in [0.717, 1.165) is 12.8 Å². The average Bonchev–Trinajstić information content (AvgIpc) is 3.10. The number of hydrogen-bond donors (Lipinski definition) is 0. The summed E-state index contributed by atoms with van der Waals surface area (Å²) in [5.74, 6) is -0.363. The van der Waals surface area contributed by atoms with Gasteiger partial charge in [0, 0.05) is 18.4 Å². The lowest BCUT2D eigenvalue weighted by molar-refractivity contribution is -0.134. The van der Waals surface area contributed by atoms with E-state index in [-0.39, 0.29) is 24.1 Å². The number of imide groups is 1. The molecular weight excluding hydrogens is 254 g/mol. The van der Waals surface area contributed by atoms with Crippen LogP contribution in [0.2, 0.25) is 0 Å². The van der Waals surface area contributed by atoms with Gasteiger partial charge in [-0.2, -0.15) is 0 Å². The zero-order valence-corrected chi connectivity index (χ0v) is 11.5. The molecule has 1 atom stereocenters. The molecule has 0 aromatic heterocycles. The molecule has 1 aromatic carbocycles. The molecule has 0 spiro atoms. The van der Waals surface area contributed by atoms with E-state index in [1.807, 2.05) is 6.07 Å². The second-order valence-electron chi connectivity index (χ2n) is 5.47. The molecule has 2 fully saturated rings. The quantitative estimate of drug-likeness (QED) is 0.795. The van der Waals surface area contributed by atoms with Crippen LogP contribution in [0.5, 0.6) is 0 Å². The van der Waals surface area contributed by atoms with Crippen LogP contribution in [0.15, 0.2) is 30.3 Å². The number of benzene rings is 1. The zero-order valence-electron chi connectivity index (χ0n) is 11.5. The molecule has 3 rings (SSSR count). The van der Waals surface area contributed by atoms with Gasteiger partial charge in [0.2, 0.25) is 5.91 Å². The summed E-state index contributed by atoms with van der Waals surface area (Å²) in [7, 11) is 0. The molecule has 1 heterocycles. The van der Waals surface area contributed by atoms with Crippen molar-refractivity contribution in [1.29, 1.82) is 0 Å². The van der Waals surface area contributed by atoms with Gasteiger partial charge in [-0.15, -0.1) is 0 Å². The highest BCUT2D eigenvalue weighted by Crippen LogP contribution is 2.28. The summed E-state index contributed by atoms with van der Waals surface area (Å²) in [4.78, 5) is 25.8. The maximum absolute atomic E-state index is 12.5. The van der Waals surface area contributed by atoms with Crippen molar-refractivity contribution in [1.82, 2.24) is 4.90 Å². The van der Waals surface area contributed by atoms with Crippen molar-refractivity contribution in [2.75, 3.05) is 0 Å². The second kappa shape index (κ2) is 5.75. The van der Waals surface area contributed by atoms with Gasteiger partial charge >= 0.3 is 0 Å². The fraction of sp³-hybridized carbons (Fsp3) is 0.500. The molecule has 106 valence electrons. The summed E-state index contributed by atoms with van der Waals surface area (Å²) < 4.78 is 5.98. The predicted molar refractivity (Wildman–Crippen MR) is 74.0 cm³/mol. The maximum atomic E-state index is 12.5. The second-order valence-corrected chi connectivity index (χ2v) is 5.47. The molecule has 1 saturated heterocycles. The highest BCUT2D eigenvalue weighted by molar-refractivity contribution is 6.05. The van der Waals surface area contributed by atoms with Crippen molar-refractivity contribution in [2.24, 2.45) is 0 Å². The van der Waals surface area contributed by atoms with Crippen LogP contribution in [0.1, 0.15) is 48.9 Å². The molecular formula is C16H19NO3. The van der Waals surface area contributed by atoms with Crippen LogP contribution in [0, 0.1) is 0 Å². The third-order valence-corrected chi connectivity index (χ3v) is 4.05. The van der Waals surface area contributed by atoms with E-state index in [0.29, 0.717) is 18.4 Å². The first-order valence-corrected chi connectivity index (χ1v) is 7.32. The Morgan fingerprint density at radius 2 is 1.80 bits per heavy atom. The SMILES string of the molecule is O=C1CC[C@H](OC2CCCC2)N1C(=O)c1ccccc1. The molecule has 1 aliphatic heterocycles. The lowest BCUT2D eigenvalue weighted by Gasteiger charge is -2.26. The molecule has 1 aromatic rings. The first-order valence-electron chi connectivity index (χ1n) is 7.32. The fourth-order valence-corrected chi connectivity index (χ4v) is 3.00. The van der Waals surface area contributed by atoms with Crippen molar-refractivity contribution in [3.63, 3.8) is 0 Å². The number of likely N-dealkylation sites (tertiary alicyclic amines) is 1. The Morgan fingerprint density at radius 1 is 1.10 bits per heavy atom. The van der Waals surface area contributed by atoms with E-state index in [2.05, 4.69) is 0 Å². The summed E-state index contributed by atoms with van der Waals surface area (Å²) in [5.41, 5.74) is 0.544. The minimum atomic E-state index is -0.377. The smallest absolute Gasteiger partial charge is 0.262 e. The summed E-state index contributed by atoms with van der Waals surface area (Å²) in [6.07, 6.45) is 5.28. The van der Waals surface area contributed by atoms with E-state index in [9.17, 15) is 9.59 Å². The Hall–Kier alpha value is -1.68. The highest BCUT2D eigenvalue weighted by atomic mass is 16.5. The van der Waals surface area contributed by atoms with Crippen LogP contribution in [0.25, 0.3) is 0 Å². The summed E-state index contributed by atoms with van der Waals surface area (Å²) in [5, 5.41) is 0.